The van der Waals surface area contributed by atoms with Gasteiger partial charge in [-0.05, 0) is 70.1 Å². The van der Waals surface area contributed by atoms with Crippen LogP contribution in [-0.4, -0.2) is 41.0 Å². The molecule has 0 heterocycles. The molecule has 2 unspecified atom stereocenters. The number of anilines is 1. The predicted octanol–water partition coefficient (Wildman–Crippen LogP) is 6.55. The molecule has 0 radical (unpaired) electrons. The van der Waals surface area contributed by atoms with Gasteiger partial charge in [-0.25, -0.2) is 4.79 Å². The molecular formula is C31H45N3O4. The van der Waals surface area contributed by atoms with Crippen molar-refractivity contribution in [1.29, 1.82) is 0 Å². The van der Waals surface area contributed by atoms with Gasteiger partial charge >= 0.3 is 6.09 Å². The van der Waals surface area contributed by atoms with Crippen LogP contribution < -0.4 is 10.6 Å². The smallest absolute Gasteiger partial charge is 0.408 e. The number of carbonyl (C=O) groups is 3. The van der Waals surface area contributed by atoms with Crippen molar-refractivity contribution < 1.29 is 19.1 Å². The Balaban J connectivity index is 2.52. The fourth-order valence-corrected chi connectivity index (χ4v) is 4.35. The summed E-state index contributed by atoms with van der Waals surface area (Å²) in [4.78, 5) is 42.4. The summed E-state index contributed by atoms with van der Waals surface area (Å²) in [5.74, 6) is -0.465. The minimum Gasteiger partial charge on any atom is -0.444 e. The number of nitrogens with one attached hydrogen (secondary N) is 2. The molecule has 0 aliphatic heterocycles. The first-order chi connectivity index (χ1) is 17.8. The molecule has 2 rings (SSSR count). The number of amides is 3. The van der Waals surface area contributed by atoms with E-state index in [9.17, 15) is 14.4 Å². The molecule has 0 aliphatic carbocycles. The predicted molar refractivity (Wildman–Crippen MR) is 153 cm³/mol. The number of carbonyl (C=O) groups excluding carboxylic acids is 3. The zero-order chi connectivity index (χ0) is 28.5. The summed E-state index contributed by atoms with van der Waals surface area (Å²) in [6.45, 7) is 15.6. The minimum absolute atomic E-state index is 0.130. The van der Waals surface area contributed by atoms with Crippen molar-refractivity contribution >= 4 is 23.6 Å². The maximum atomic E-state index is 14.2. The lowest BCUT2D eigenvalue weighted by atomic mass is 9.98. The average molecular weight is 524 g/mol. The van der Waals surface area contributed by atoms with Gasteiger partial charge in [0.2, 0.25) is 5.91 Å². The van der Waals surface area contributed by atoms with Gasteiger partial charge in [-0.3, -0.25) is 9.59 Å². The van der Waals surface area contributed by atoms with E-state index >= 15 is 0 Å². The molecule has 7 heteroatoms. The molecular weight excluding hydrogens is 478 g/mol. The van der Waals surface area contributed by atoms with Crippen molar-refractivity contribution in [2.24, 2.45) is 5.92 Å². The molecule has 2 atom stereocenters. The molecule has 208 valence electrons. The monoisotopic (exact) mass is 523 g/mol. The van der Waals surface area contributed by atoms with E-state index < -0.39 is 23.8 Å². The van der Waals surface area contributed by atoms with E-state index in [0.717, 1.165) is 23.2 Å². The molecule has 2 aromatic carbocycles. The summed E-state index contributed by atoms with van der Waals surface area (Å²) in [7, 11) is 0. The van der Waals surface area contributed by atoms with Crippen molar-refractivity contribution in [2.75, 3.05) is 11.9 Å². The second-order valence-corrected chi connectivity index (χ2v) is 11.3. The van der Waals surface area contributed by atoms with Crippen molar-refractivity contribution in [1.82, 2.24) is 10.2 Å². The molecule has 7 nitrogen and oxygen atoms in total. The van der Waals surface area contributed by atoms with E-state index in [0.29, 0.717) is 24.9 Å². The standard InChI is InChI=1S/C31H45N3O4/c1-9-10-19-34(29(36)25(20-21(2)3)32-30(37)38-31(6,7)8)27(24-17-12-11-13-18-24)28(35)33-26-22(4)15-14-16-23(26)5/h11-18,21,25,27H,9-10,19-20H2,1-8H3,(H,32,37)(H,33,35). The van der Waals surface area contributed by atoms with Crippen LogP contribution in [-0.2, 0) is 14.3 Å². The lowest BCUT2D eigenvalue weighted by molar-refractivity contribution is -0.141. The highest BCUT2D eigenvalue weighted by atomic mass is 16.6. The summed E-state index contributed by atoms with van der Waals surface area (Å²) >= 11 is 0. The Hall–Kier alpha value is -3.35. The first kappa shape index (κ1) is 30.9. The normalized spacial score (nSPS) is 13.0. The van der Waals surface area contributed by atoms with Crippen molar-refractivity contribution in [3.05, 3.63) is 65.2 Å². The summed E-state index contributed by atoms with van der Waals surface area (Å²) in [6.07, 6.45) is 1.33. The van der Waals surface area contributed by atoms with Gasteiger partial charge < -0.3 is 20.3 Å². The van der Waals surface area contributed by atoms with Gasteiger partial charge in [0.25, 0.3) is 5.91 Å². The van der Waals surface area contributed by atoms with Crippen LogP contribution in [0.2, 0.25) is 0 Å². The van der Waals surface area contributed by atoms with E-state index in [1.54, 1.807) is 25.7 Å². The van der Waals surface area contributed by atoms with E-state index in [1.165, 1.54) is 0 Å². The Morgan fingerprint density at radius 1 is 0.947 bits per heavy atom. The third-order valence-electron chi connectivity index (χ3n) is 6.14. The molecule has 2 aromatic rings. The molecule has 2 N–H and O–H groups in total. The fraction of sp³-hybridized carbons (Fsp3) is 0.516. The Morgan fingerprint density at radius 3 is 2.08 bits per heavy atom. The number of aryl methyl sites for hydroxylation is 2. The van der Waals surface area contributed by atoms with Gasteiger partial charge in [-0.1, -0.05) is 75.7 Å². The Kier molecular flexibility index (Phi) is 11.4. The van der Waals surface area contributed by atoms with Gasteiger partial charge in [0.1, 0.15) is 17.7 Å². The van der Waals surface area contributed by atoms with E-state index in [-0.39, 0.29) is 17.7 Å². The molecule has 0 aromatic heterocycles. The summed E-state index contributed by atoms with van der Waals surface area (Å²) < 4.78 is 5.46. The van der Waals surface area contributed by atoms with Gasteiger partial charge in [0.15, 0.2) is 0 Å². The van der Waals surface area contributed by atoms with Gasteiger partial charge in [-0.2, -0.15) is 0 Å². The quantitative estimate of drug-likeness (QED) is 0.350. The maximum Gasteiger partial charge on any atom is 0.408 e. The molecule has 0 aliphatic rings. The Labute approximate surface area is 228 Å². The summed E-state index contributed by atoms with van der Waals surface area (Å²) in [6, 6.07) is 13.5. The van der Waals surface area contributed by atoms with Crippen LogP contribution in [0.4, 0.5) is 10.5 Å². The van der Waals surface area contributed by atoms with Gasteiger partial charge in [-0.15, -0.1) is 0 Å². The highest BCUT2D eigenvalue weighted by Crippen LogP contribution is 2.28. The molecule has 38 heavy (non-hydrogen) atoms. The van der Waals surface area contributed by atoms with Crippen LogP contribution in [0.1, 0.15) is 83.5 Å². The van der Waals surface area contributed by atoms with Crippen molar-refractivity contribution in [2.45, 2.75) is 92.3 Å². The first-order valence-corrected chi connectivity index (χ1v) is 13.6. The number of benzene rings is 2. The van der Waals surface area contributed by atoms with E-state index in [4.69, 9.17) is 4.74 Å². The number of rotatable bonds is 11. The topological polar surface area (TPSA) is 87.7 Å². The zero-order valence-corrected chi connectivity index (χ0v) is 24.3. The molecule has 0 bridgehead atoms. The maximum absolute atomic E-state index is 14.2. The largest absolute Gasteiger partial charge is 0.444 e. The first-order valence-electron chi connectivity index (χ1n) is 13.6. The summed E-state index contributed by atoms with van der Waals surface area (Å²) in [5.41, 5.74) is 2.64. The third-order valence-corrected chi connectivity index (χ3v) is 6.14. The zero-order valence-electron chi connectivity index (χ0n) is 24.3. The fourth-order valence-electron chi connectivity index (χ4n) is 4.35. The highest BCUT2D eigenvalue weighted by Gasteiger charge is 2.36. The van der Waals surface area contributed by atoms with Crippen LogP contribution >= 0.6 is 0 Å². The molecule has 0 fully saturated rings. The van der Waals surface area contributed by atoms with Crippen molar-refractivity contribution in [3.8, 4) is 0 Å². The lowest BCUT2D eigenvalue weighted by Crippen LogP contribution is -2.53. The summed E-state index contributed by atoms with van der Waals surface area (Å²) in [5, 5.41) is 5.89. The molecule has 0 spiro atoms. The molecule has 3 amide bonds. The van der Waals surface area contributed by atoms with Crippen LogP contribution in [0.3, 0.4) is 0 Å². The third kappa shape index (κ3) is 9.19. The SMILES string of the molecule is CCCCN(C(=O)C(CC(C)C)NC(=O)OC(C)(C)C)C(C(=O)Nc1c(C)cccc1C)c1ccccc1. The Bertz CT molecular complexity index is 1060. The van der Waals surface area contributed by atoms with Crippen LogP contribution in [0, 0.1) is 19.8 Å². The molecule has 0 saturated carbocycles. The minimum atomic E-state index is -0.871. The second-order valence-electron chi connectivity index (χ2n) is 11.3. The number of ether oxygens (including phenoxy) is 1. The van der Waals surface area contributed by atoms with Gasteiger partial charge in [0, 0.05) is 12.2 Å². The number of para-hydroxylation sites is 1. The van der Waals surface area contributed by atoms with E-state index in [2.05, 4.69) is 10.6 Å². The number of hydrogen-bond acceptors (Lipinski definition) is 4. The van der Waals surface area contributed by atoms with Crippen LogP contribution in [0.5, 0.6) is 0 Å². The highest BCUT2D eigenvalue weighted by molar-refractivity contribution is 5.99. The Morgan fingerprint density at radius 2 is 1.55 bits per heavy atom. The van der Waals surface area contributed by atoms with Crippen LogP contribution in [0.25, 0.3) is 0 Å². The van der Waals surface area contributed by atoms with Crippen molar-refractivity contribution in [3.63, 3.8) is 0 Å². The number of nitrogens with zero attached hydrogens (tertiary/aromatic N) is 1. The number of unbranched alkanes of at least 4 members (excludes halogenated alkanes) is 1. The van der Waals surface area contributed by atoms with E-state index in [1.807, 2.05) is 83.1 Å². The number of hydrogen-bond donors (Lipinski definition) is 2. The number of alkyl carbamates (subject to hydrolysis) is 1. The van der Waals surface area contributed by atoms with Crippen LogP contribution in [0.15, 0.2) is 48.5 Å². The van der Waals surface area contributed by atoms with Gasteiger partial charge in [0.05, 0.1) is 0 Å². The second kappa shape index (κ2) is 14.0. The molecule has 0 saturated heterocycles. The lowest BCUT2D eigenvalue weighted by Gasteiger charge is -2.35. The average Bonchev–Trinajstić information content (AvgIpc) is 2.82.